The number of halogens is 1. The van der Waals surface area contributed by atoms with Gasteiger partial charge in [-0.1, -0.05) is 12.1 Å². The summed E-state index contributed by atoms with van der Waals surface area (Å²) in [7, 11) is 1.61. The minimum Gasteiger partial charge on any atom is -0.486 e. The second-order valence-electron chi connectivity index (χ2n) is 6.46. The number of guanidine groups is 1. The second kappa shape index (κ2) is 9.10. The van der Waals surface area contributed by atoms with Crippen molar-refractivity contribution in [2.45, 2.75) is 39.3 Å². The van der Waals surface area contributed by atoms with Crippen LogP contribution in [0.4, 0.5) is 4.39 Å². The lowest BCUT2D eigenvalue weighted by atomic mass is 10.1. The first-order chi connectivity index (χ1) is 11.2. The van der Waals surface area contributed by atoms with E-state index < -0.39 is 5.82 Å². The molecule has 1 aromatic rings. The van der Waals surface area contributed by atoms with E-state index in [2.05, 4.69) is 20.9 Å². The van der Waals surface area contributed by atoms with E-state index in [0.29, 0.717) is 12.5 Å². The molecule has 1 amide bonds. The topological polar surface area (TPSA) is 74.8 Å². The van der Waals surface area contributed by atoms with Crippen LogP contribution in [0.1, 0.15) is 27.7 Å². The zero-order valence-corrected chi connectivity index (χ0v) is 14.9. The Hall–Kier alpha value is -2.31. The Kier molecular flexibility index (Phi) is 7.48. The molecule has 6 nitrogen and oxygen atoms in total. The van der Waals surface area contributed by atoms with Gasteiger partial charge in [-0.05, 0) is 39.8 Å². The van der Waals surface area contributed by atoms with E-state index in [1.807, 2.05) is 27.7 Å². The Bertz CT molecular complexity index is 570. The minimum atomic E-state index is -0.397. The summed E-state index contributed by atoms with van der Waals surface area (Å²) in [5.41, 5.74) is -0.280. The van der Waals surface area contributed by atoms with Crippen LogP contribution in [0.25, 0.3) is 0 Å². The SMILES string of the molecule is CN=C(NCC(=O)NC(C)(C)C)NCC(C)Oc1ccccc1F. The predicted molar refractivity (Wildman–Crippen MR) is 93.8 cm³/mol. The molecule has 0 aliphatic carbocycles. The Balaban J connectivity index is 2.38. The quantitative estimate of drug-likeness (QED) is 0.545. The Labute approximate surface area is 142 Å². The van der Waals surface area contributed by atoms with Gasteiger partial charge in [0.2, 0.25) is 5.91 Å². The van der Waals surface area contributed by atoms with E-state index >= 15 is 0 Å². The molecule has 0 aliphatic rings. The highest BCUT2D eigenvalue weighted by atomic mass is 19.1. The van der Waals surface area contributed by atoms with Crippen LogP contribution < -0.4 is 20.7 Å². The number of rotatable bonds is 6. The minimum absolute atomic E-state index is 0.111. The molecule has 0 aromatic heterocycles. The van der Waals surface area contributed by atoms with Gasteiger partial charge < -0.3 is 20.7 Å². The fourth-order valence-electron chi connectivity index (χ4n) is 1.89. The summed E-state index contributed by atoms with van der Waals surface area (Å²) in [6.45, 7) is 8.09. The summed E-state index contributed by atoms with van der Waals surface area (Å²) in [5, 5.41) is 8.81. The van der Waals surface area contributed by atoms with Gasteiger partial charge in [0, 0.05) is 12.6 Å². The zero-order valence-electron chi connectivity index (χ0n) is 14.9. The molecule has 0 radical (unpaired) electrons. The first kappa shape index (κ1) is 19.7. The number of carbonyl (C=O) groups excluding carboxylic acids is 1. The first-order valence-corrected chi connectivity index (χ1v) is 7.88. The molecule has 3 N–H and O–H groups in total. The highest BCUT2D eigenvalue weighted by molar-refractivity contribution is 5.86. The fourth-order valence-corrected chi connectivity index (χ4v) is 1.89. The summed E-state index contributed by atoms with van der Waals surface area (Å²) in [6.07, 6.45) is -0.274. The Morgan fingerprint density at radius 2 is 1.96 bits per heavy atom. The van der Waals surface area contributed by atoms with Crippen LogP contribution in [0.2, 0.25) is 0 Å². The van der Waals surface area contributed by atoms with Crippen LogP contribution in [0.15, 0.2) is 29.3 Å². The standard InChI is InChI=1S/C17H27FN4O2/c1-12(24-14-9-7-6-8-13(14)18)10-20-16(19-5)21-11-15(23)22-17(2,3)4/h6-9,12H,10-11H2,1-5H3,(H,22,23)(H2,19,20,21). The van der Waals surface area contributed by atoms with Gasteiger partial charge >= 0.3 is 0 Å². The van der Waals surface area contributed by atoms with E-state index in [1.54, 1.807) is 25.2 Å². The van der Waals surface area contributed by atoms with E-state index in [0.717, 1.165) is 0 Å². The van der Waals surface area contributed by atoms with E-state index in [1.165, 1.54) is 6.07 Å². The summed E-state index contributed by atoms with van der Waals surface area (Å²) in [5.74, 6) is 0.161. The number of hydrogen-bond acceptors (Lipinski definition) is 3. The number of para-hydroxylation sites is 1. The molecular formula is C17H27FN4O2. The van der Waals surface area contributed by atoms with Crippen molar-refractivity contribution in [2.24, 2.45) is 4.99 Å². The molecule has 0 spiro atoms. The van der Waals surface area contributed by atoms with Crippen LogP contribution in [0.3, 0.4) is 0 Å². The molecule has 0 bridgehead atoms. The highest BCUT2D eigenvalue weighted by Gasteiger charge is 2.14. The van der Waals surface area contributed by atoms with Crippen molar-refractivity contribution in [3.8, 4) is 5.75 Å². The molecular weight excluding hydrogens is 311 g/mol. The maximum absolute atomic E-state index is 13.5. The lowest BCUT2D eigenvalue weighted by molar-refractivity contribution is -0.121. The largest absolute Gasteiger partial charge is 0.486 e. The van der Waals surface area contributed by atoms with Gasteiger partial charge in [-0.2, -0.15) is 0 Å². The second-order valence-corrected chi connectivity index (χ2v) is 6.46. The zero-order chi connectivity index (χ0) is 18.2. The number of amides is 1. The van der Waals surface area contributed by atoms with Gasteiger partial charge in [-0.3, -0.25) is 9.79 Å². The smallest absolute Gasteiger partial charge is 0.239 e. The number of nitrogens with zero attached hydrogens (tertiary/aromatic N) is 1. The van der Waals surface area contributed by atoms with Gasteiger partial charge in [0.25, 0.3) is 0 Å². The summed E-state index contributed by atoms with van der Waals surface area (Å²) >= 11 is 0. The van der Waals surface area contributed by atoms with Crippen molar-refractivity contribution < 1.29 is 13.9 Å². The van der Waals surface area contributed by atoms with Crippen molar-refractivity contribution >= 4 is 11.9 Å². The molecule has 1 aromatic carbocycles. The van der Waals surface area contributed by atoms with Crippen LogP contribution in [-0.4, -0.2) is 43.6 Å². The van der Waals surface area contributed by atoms with Crippen molar-refractivity contribution in [1.29, 1.82) is 0 Å². The number of carbonyl (C=O) groups is 1. The van der Waals surface area contributed by atoms with Gasteiger partial charge in [0.15, 0.2) is 17.5 Å². The van der Waals surface area contributed by atoms with Gasteiger partial charge in [0.1, 0.15) is 6.10 Å². The third-order valence-corrected chi connectivity index (χ3v) is 2.88. The molecule has 24 heavy (non-hydrogen) atoms. The van der Waals surface area contributed by atoms with Crippen molar-refractivity contribution in [1.82, 2.24) is 16.0 Å². The number of nitrogens with one attached hydrogen (secondary N) is 3. The van der Waals surface area contributed by atoms with Crippen LogP contribution in [0, 0.1) is 5.82 Å². The average molecular weight is 338 g/mol. The third kappa shape index (κ3) is 7.80. The van der Waals surface area contributed by atoms with Crippen molar-refractivity contribution in [3.05, 3.63) is 30.1 Å². The number of hydrogen-bond donors (Lipinski definition) is 3. The molecule has 1 atom stereocenters. The fraction of sp³-hybridized carbons (Fsp3) is 0.529. The van der Waals surface area contributed by atoms with Gasteiger partial charge in [-0.25, -0.2) is 4.39 Å². The van der Waals surface area contributed by atoms with Gasteiger partial charge in [0.05, 0.1) is 13.1 Å². The summed E-state index contributed by atoms with van der Waals surface area (Å²) in [6, 6.07) is 6.26. The molecule has 0 heterocycles. The number of benzene rings is 1. The summed E-state index contributed by atoms with van der Waals surface area (Å²) in [4.78, 5) is 15.8. The molecule has 0 aliphatic heterocycles. The Morgan fingerprint density at radius 3 is 2.54 bits per heavy atom. The highest BCUT2D eigenvalue weighted by Crippen LogP contribution is 2.16. The average Bonchev–Trinajstić information content (AvgIpc) is 2.48. The van der Waals surface area contributed by atoms with Crippen molar-refractivity contribution in [2.75, 3.05) is 20.1 Å². The molecule has 1 unspecified atom stereocenters. The monoisotopic (exact) mass is 338 g/mol. The van der Waals surface area contributed by atoms with Crippen LogP contribution in [0.5, 0.6) is 5.75 Å². The maximum atomic E-state index is 13.5. The first-order valence-electron chi connectivity index (χ1n) is 7.88. The summed E-state index contributed by atoms with van der Waals surface area (Å²) < 4.78 is 19.1. The lowest BCUT2D eigenvalue weighted by Gasteiger charge is -2.21. The predicted octanol–water partition coefficient (Wildman–Crippen LogP) is 1.67. The number of ether oxygens (including phenoxy) is 1. The molecule has 0 fully saturated rings. The number of aliphatic imine (C=N–C) groups is 1. The molecule has 134 valence electrons. The van der Waals surface area contributed by atoms with E-state index in [-0.39, 0.29) is 29.8 Å². The molecule has 0 saturated carbocycles. The van der Waals surface area contributed by atoms with E-state index in [9.17, 15) is 9.18 Å². The normalized spacial score (nSPS) is 13.2. The van der Waals surface area contributed by atoms with Gasteiger partial charge in [-0.15, -0.1) is 0 Å². The molecule has 0 saturated heterocycles. The maximum Gasteiger partial charge on any atom is 0.239 e. The lowest BCUT2D eigenvalue weighted by Crippen LogP contribution is -2.49. The third-order valence-electron chi connectivity index (χ3n) is 2.88. The van der Waals surface area contributed by atoms with Crippen molar-refractivity contribution in [3.63, 3.8) is 0 Å². The molecule has 1 rings (SSSR count). The van der Waals surface area contributed by atoms with E-state index in [4.69, 9.17) is 4.74 Å². The van der Waals surface area contributed by atoms with Crippen LogP contribution in [-0.2, 0) is 4.79 Å². The molecule has 7 heteroatoms. The Morgan fingerprint density at radius 1 is 1.29 bits per heavy atom. The van der Waals surface area contributed by atoms with Crippen LogP contribution >= 0.6 is 0 Å².